The van der Waals surface area contributed by atoms with Crippen LogP contribution in [0.15, 0.2) is 42.6 Å². The van der Waals surface area contributed by atoms with Gasteiger partial charge in [-0.05, 0) is 11.6 Å². The number of ether oxygens (including phenoxy) is 1. The lowest BCUT2D eigenvalue weighted by atomic mass is 10.1. The molecule has 0 saturated heterocycles. The quantitative estimate of drug-likeness (QED) is 0.756. The second kappa shape index (κ2) is 8.09. The molecule has 0 unspecified atom stereocenters. The van der Waals surface area contributed by atoms with Crippen LogP contribution < -0.4 is 5.32 Å². The predicted molar refractivity (Wildman–Crippen MR) is 83.1 cm³/mol. The van der Waals surface area contributed by atoms with Crippen LogP contribution in [0.5, 0.6) is 0 Å². The molecule has 0 radical (unpaired) electrons. The Kier molecular flexibility index (Phi) is 5.87. The molecule has 0 aliphatic carbocycles. The second-order valence-electron chi connectivity index (χ2n) is 5.01. The molecule has 7 nitrogen and oxygen atoms in total. The first kappa shape index (κ1) is 16.7. The maximum Gasteiger partial charge on any atom is 0.326 e. The van der Waals surface area contributed by atoms with Gasteiger partial charge in [-0.15, -0.1) is 0 Å². The number of aromatic nitrogens is 2. The van der Waals surface area contributed by atoms with E-state index in [0.717, 1.165) is 5.56 Å². The van der Waals surface area contributed by atoms with E-state index < -0.39 is 17.9 Å². The summed E-state index contributed by atoms with van der Waals surface area (Å²) in [6.07, 6.45) is 1.87. The first-order chi connectivity index (χ1) is 11.1. The zero-order valence-corrected chi connectivity index (χ0v) is 12.8. The first-order valence-corrected chi connectivity index (χ1v) is 7.20. The van der Waals surface area contributed by atoms with Gasteiger partial charge >= 0.3 is 5.97 Å². The first-order valence-electron chi connectivity index (χ1n) is 7.20. The van der Waals surface area contributed by atoms with E-state index in [1.54, 1.807) is 24.1 Å². The largest absolute Gasteiger partial charge is 0.480 e. The summed E-state index contributed by atoms with van der Waals surface area (Å²) < 4.78 is 6.51. The van der Waals surface area contributed by atoms with Gasteiger partial charge in [0.1, 0.15) is 11.7 Å². The molecule has 1 aromatic carbocycles. The number of carbonyl (C=O) groups is 2. The molecule has 2 rings (SSSR count). The highest BCUT2D eigenvalue weighted by Gasteiger charge is 2.22. The van der Waals surface area contributed by atoms with Gasteiger partial charge in [0.15, 0.2) is 0 Å². The van der Waals surface area contributed by atoms with Crippen molar-refractivity contribution in [2.45, 2.75) is 19.0 Å². The number of methoxy groups -OCH3 is 1. The number of aliphatic carboxylic acids is 1. The lowest BCUT2D eigenvalue weighted by Gasteiger charge is -2.13. The van der Waals surface area contributed by atoms with Crippen LogP contribution in [-0.2, 0) is 22.5 Å². The van der Waals surface area contributed by atoms with E-state index in [1.165, 1.54) is 0 Å². The topological polar surface area (TPSA) is 93.5 Å². The molecule has 7 heteroatoms. The third-order valence-electron chi connectivity index (χ3n) is 3.28. The molecule has 0 fully saturated rings. The van der Waals surface area contributed by atoms with E-state index in [-0.39, 0.29) is 12.1 Å². The van der Waals surface area contributed by atoms with Crippen molar-refractivity contribution in [3.8, 4) is 0 Å². The van der Waals surface area contributed by atoms with Crippen molar-refractivity contribution in [2.24, 2.45) is 0 Å². The summed E-state index contributed by atoms with van der Waals surface area (Å²) in [5, 5.41) is 15.9. The van der Waals surface area contributed by atoms with Gasteiger partial charge in [-0.3, -0.25) is 9.48 Å². The third kappa shape index (κ3) is 4.93. The number of nitrogens with zero attached hydrogens (tertiary/aromatic N) is 2. The minimum absolute atomic E-state index is 0.181. The molecule has 2 N–H and O–H groups in total. The third-order valence-corrected chi connectivity index (χ3v) is 3.28. The highest BCUT2D eigenvalue weighted by Crippen LogP contribution is 2.05. The number of carboxylic acids is 1. The molecule has 0 aliphatic heterocycles. The number of benzene rings is 1. The van der Waals surface area contributed by atoms with Crippen LogP contribution in [-0.4, -0.2) is 46.5 Å². The molecule has 1 amide bonds. The molecule has 0 bridgehead atoms. The molecule has 1 aromatic heterocycles. The SMILES string of the molecule is COCCn1ccc(C(=O)N[C@@H](Cc2ccccc2)C(=O)O)n1. The Balaban J connectivity index is 2.00. The summed E-state index contributed by atoms with van der Waals surface area (Å²) in [5.41, 5.74) is 1.02. The fraction of sp³-hybridized carbons (Fsp3) is 0.312. The van der Waals surface area contributed by atoms with Gasteiger partial charge in [0.2, 0.25) is 0 Å². The van der Waals surface area contributed by atoms with Crippen LogP contribution >= 0.6 is 0 Å². The van der Waals surface area contributed by atoms with E-state index in [4.69, 9.17) is 4.74 Å². The van der Waals surface area contributed by atoms with Crippen molar-refractivity contribution in [3.05, 3.63) is 53.9 Å². The van der Waals surface area contributed by atoms with Crippen LogP contribution in [0.3, 0.4) is 0 Å². The number of carbonyl (C=O) groups excluding carboxylic acids is 1. The van der Waals surface area contributed by atoms with Crippen molar-refractivity contribution in [3.63, 3.8) is 0 Å². The second-order valence-corrected chi connectivity index (χ2v) is 5.01. The van der Waals surface area contributed by atoms with Crippen molar-refractivity contribution in [2.75, 3.05) is 13.7 Å². The van der Waals surface area contributed by atoms with Crippen molar-refractivity contribution in [1.82, 2.24) is 15.1 Å². The van der Waals surface area contributed by atoms with Crippen LogP contribution in [0.2, 0.25) is 0 Å². The van der Waals surface area contributed by atoms with Crippen LogP contribution in [0.25, 0.3) is 0 Å². The minimum atomic E-state index is -1.08. The fourth-order valence-electron chi connectivity index (χ4n) is 2.07. The maximum absolute atomic E-state index is 12.2. The summed E-state index contributed by atoms with van der Waals surface area (Å²) in [4.78, 5) is 23.5. The smallest absolute Gasteiger partial charge is 0.326 e. The van der Waals surface area contributed by atoms with E-state index in [9.17, 15) is 14.7 Å². The highest BCUT2D eigenvalue weighted by molar-refractivity contribution is 5.94. The van der Waals surface area contributed by atoms with E-state index in [1.807, 2.05) is 30.3 Å². The molecule has 0 spiro atoms. The van der Waals surface area contributed by atoms with E-state index in [2.05, 4.69) is 10.4 Å². The molecule has 23 heavy (non-hydrogen) atoms. The maximum atomic E-state index is 12.2. The van der Waals surface area contributed by atoms with Crippen LogP contribution in [0.1, 0.15) is 16.1 Å². The average Bonchev–Trinajstić information content (AvgIpc) is 3.02. The summed E-state index contributed by atoms with van der Waals surface area (Å²) in [7, 11) is 1.58. The Labute approximate surface area is 133 Å². The Hall–Kier alpha value is -2.67. The standard InChI is InChI=1S/C16H19N3O4/c1-23-10-9-19-8-7-13(18-19)15(20)17-14(16(21)22)11-12-5-3-2-4-6-12/h2-8,14H,9-11H2,1H3,(H,17,20)(H,21,22)/t14-/m0/s1. The summed E-state index contributed by atoms with van der Waals surface area (Å²) in [5.74, 6) is -1.59. The van der Waals surface area contributed by atoms with Gasteiger partial charge in [-0.1, -0.05) is 30.3 Å². The number of rotatable bonds is 8. The molecular weight excluding hydrogens is 298 g/mol. The Morgan fingerprint density at radius 1 is 1.30 bits per heavy atom. The van der Waals surface area contributed by atoms with Gasteiger partial charge in [0.05, 0.1) is 13.2 Å². The van der Waals surface area contributed by atoms with Gasteiger partial charge in [-0.25, -0.2) is 4.79 Å². The zero-order chi connectivity index (χ0) is 16.7. The molecule has 1 atom stereocenters. The predicted octanol–water partition coefficient (Wildman–Crippen LogP) is 0.955. The molecule has 0 saturated carbocycles. The number of amides is 1. The number of nitrogens with one attached hydrogen (secondary N) is 1. The molecule has 0 aliphatic rings. The fourth-order valence-corrected chi connectivity index (χ4v) is 2.07. The van der Waals surface area contributed by atoms with Gasteiger partial charge in [0, 0.05) is 19.7 Å². The van der Waals surface area contributed by atoms with Crippen LogP contribution in [0, 0.1) is 0 Å². The number of carboxylic acid groups (broad SMARTS) is 1. The van der Waals surface area contributed by atoms with Crippen molar-refractivity contribution in [1.29, 1.82) is 0 Å². The molecule has 1 heterocycles. The van der Waals surface area contributed by atoms with Gasteiger partial charge in [0.25, 0.3) is 5.91 Å². The number of hydrogen-bond acceptors (Lipinski definition) is 4. The Bertz CT molecular complexity index is 654. The lowest BCUT2D eigenvalue weighted by Crippen LogP contribution is -2.42. The zero-order valence-electron chi connectivity index (χ0n) is 12.8. The van der Waals surface area contributed by atoms with Crippen LogP contribution in [0.4, 0.5) is 0 Å². The van der Waals surface area contributed by atoms with E-state index in [0.29, 0.717) is 13.2 Å². The highest BCUT2D eigenvalue weighted by atomic mass is 16.5. The van der Waals surface area contributed by atoms with Crippen molar-refractivity contribution < 1.29 is 19.4 Å². The Morgan fingerprint density at radius 3 is 2.70 bits per heavy atom. The molecule has 122 valence electrons. The minimum Gasteiger partial charge on any atom is -0.480 e. The molecule has 2 aromatic rings. The summed E-state index contributed by atoms with van der Waals surface area (Å²) in [6.45, 7) is 1.00. The van der Waals surface area contributed by atoms with E-state index >= 15 is 0 Å². The van der Waals surface area contributed by atoms with Gasteiger partial charge < -0.3 is 15.2 Å². The van der Waals surface area contributed by atoms with Gasteiger partial charge in [-0.2, -0.15) is 5.10 Å². The van der Waals surface area contributed by atoms with Crippen molar-refractivity contribution >= 4 is 11.9 Å². The summed E-state index contributed by atoms with van der Waals surface area (Å²) >= 11 is 0. The molecular formula is C16H19N3O4. The monoisotopic (exact) mass is 317 g/mol. The summed E-state index contributed by atoms with van der Waals surface area (Å²) in [6, 6.07) is 9.69. The lowest BCUT2D eigenvalue weighted by molar-refractivity contribution is -0.139. The average molecular weight is 317 g/mol. The Morgan fingerprint density at radius 2 is 2.04 bits per heavy atom. The normalized spacial score (nSPS) is 11.9. The number of hydrogen-bond donors (Lipinski definition) is 2.